The molecule has 3 heterocycles. The van der Waals surface area contributed by atoms with E-state index in [1.54, 1.807) is 0 Å². The van der Waals surface area contributed by atoms with Gasteiger partial charge in [0.25, 0.3) is 0 Å². The molecule has 0 bridgehead atoms. The molecule has 0 atom stereocenters. The number of aromatic nitrogens is 3. The van der Waals surface area contributed by atoms with Gasteiger partial charge in [0.15, 0.2) is 17.5 Å². The highest BCUT2D eigenvalue weighted by Gasteiger charge is 2.19. The first-order chi connectivity index (χ1) is 25.7. The zero-order valence-electron chi connectivity index (χ0n) is 27.7. The van der Waals surface area contributed by atoms with Crippen molar-refractivity contribution >= 4 is 65.4 Å². The molecule has 0 aliphatic heterocycles. The van der Waals surface area contributed by atoms with Gasteiger partial charge in [-0.15, -0.1) is 0 Å². The first-order valence-corrected chi connectivity index (χ1v) is 17.3. The van der Waals surface area contributed by atoms with Crippen molar-refractivity contribution in [2.45, 2.75) is 0 Å². The summed E-state index contributed by atoms with van der Waals surface area (Å²) in [6.07, 6.45) is 0. The van der Waals surface area contributed by atoms with Gasteiger partial charge in [0, 0.05) is 38.2 Å². The molecule has 8 aromatic carbocycles. The Morgan fingerprint density at radius 3 is 1.77 bits per heavy atom. The van der Waals surface area contributed by atoms with E-state index in [0.29, 0.717) is 17.5 Å². The second kappa shape index (κ2) is 11.2. The van der Waals surface area contributed by atoms with Gasteiger partial charge in [-0.25, -0.2) is 15.0 Å². The number of fused-ring (bicyclic) bond motifs is 8. The van der Waals surface area contributed by atoms with Gasteiger partial charge in [-0.2, -0.15) is 0 Å². The predicted octanol–water partition coefficient (Wildman–Crippen LogP) is 12.6. The predicted molar refractivity (Wildman–Crippen MR) is 211 cm³/mol. The Kier molecular flexibility index (Phi) is 6.18. The Morgan fingerprint density at radius 1 is 0.308 bits per heavy atom. The van der Waals surface area contributed by atoms with E-state index in [4.69, 9.17) is 23.8 Å². The van der Waals surface area contributed by atoms with Crippen LogP contribution in [-0.2, 0) is 0 Å². The summed E-state index contributed by atoms with van der Waals surface area (Å²) in [6.45, 7) is 0. The van der Waals surface area contributed by atoms with Crippen molar-refractivity contribution in [3.63, 3.8) is 0 Å². The first kappa shape index (κ1) is 28.7. The highest BCUT2D eigenvalue weighted by Crippen LogP contribution is 2.38. The van der Waals surface area contributed by atoms with E-state index in [2.05, 4.69) is 109 Å². The number of hydrogen-bond acceptors (Lipinski definition) is 5. The third kappa shape index (κ3) is 4.53. The van der Waals surface area contributed by atoms with Crippen LogP contribution in [0.25, 0.3) is 111 Å². The normalized spacial score (nSPS) is 11.8. The van der Waals surface area contributed by atoms with Gasteiger partial charge in [-0.05, 0) is 75.1 Å². The van der Waals surface area contributed by atoms with E-state index in [1.807, 2.05) is 54.6 Å². The minimum atomic E-state index is 0.565. The zero-order valence-corrected chi connectivity index (χ0v) is 27.7. The highest BCUT2D eigenvalue weighted by molar-refractivity contribution is 6.12. The second-order valence-electron chi connectivity index (χ2n) is 13.2. The van der Waals surface area contributed by atoms with E-state index >= 15 is 0 Å². The Bertz CT molecular complexity index is 3210. The molecule has 0 spiro atoms. The number of rotatable bonds is 4. The number of hydrogen-bond donors (Lipinski definition) is 0. The number of furan rings is 2. The lowest BCUT2D eigenvalue weighted by Gasteiger charge is -2.12. The lowest BCUT2D eigenvalue weighted by Crippen LogP contribution is -2.00. The topological polar surface area (TPSA) is 65.0 Å². The zero-order chi connectivity index (χ0) is 34.2. The van der Waals surface area contributed by atoms with Crippen molar-refractivity contribution in [3.05, 3.63) is 164 Å². The van der Waals surface area contributed by atoms with Gasteiger partial charge >= 0.3 is 0 Å². The summed E-state index contributed by atoms with van der Waals surface area (Å²) in [5.41, 5.74) is 8.20. The third-order valence-electron chi connectivity index (χ3n) is 10.1. The molecule has 11 aromatic rings. The monoisotopic (exact) mass is 665 g/mol. The van der Waals surface area contributed by atoms with Gasteiger partial charge in [0.1, 0.15) is 22.3 Å². The fourth-order valence-corrected chi connectivity index (χ4v) is 7.60. The molecule has 0 unspecified atom stereocenters. The van der Waals surface area contributed by atoms with Crippen LogP contribution in [0.3, 0.4) is 0 Å². The number of para-hydroxylation sites is 2. The summed E-state index contributed by atoms with van der Waals surface area (Å²) in [6, 6.07) is 56.5. The average molecular weight is 666 g/mol. The van der Waals surface area contributed by atoms with Crippen molar-refractivity contribution in [1.82, 2.24) is 15.0 Å². The van der Waals surface area contributed by atoms with E-state index < -0.39 is 0 Å². The minimum absolute atomic E-state index is 0.565. The third-order valence-corrected chi connectivity index (χ3v) is 10.1. The molecule has 11 rings (SSSR count). The van der Waals surface area contributed by atoms with Crippen LogP contribution in [0.2, 0.25) is 0 Å². The SMILES string of the molecule is c1ccc2cc(-c3cccc4ccc(-c5nc(-c6ccc7c(c6)oc6ccccc67)nc(-c6cccc7oc8ccccc8c67)n5)cc34)ccc2c1. The standard InChI is InChI=1S/C47H27N3O2/c1-2-10-30-25-31(21-19-28(30)9-1)34-14-7-11-29-20-22-32(26-39(29)34)45-48-46(33-23-24-36-35-12-3-5-16-40(35)52-43(36)27-33)50-47(49-45)38-15-8-18-42-44(38)37-13-4-6-17-41(37)51-42/h1-27H. The van der Waals surface area contributed by atoms with Crippen LogP contribution < -0.4 is 0 Å². The van der Waals surface area contributed by atoms with Gasteiger partial charge in [-0.3, -0.25) is 0 Å². The summed E-state index contributed by atoms with van der Waals surface area (Å²) >= 11 is 0. The first-order valence-electron chi connectivity index (χ1n) is 17.3. The van der Waals surface area contributed by atoms with E-state index in [1.165, 1.54) is 10.8 Å². The quantitative estimate of drug-likeness (QED) is 0.187. The highest BCUT2D eigenvalue weighted by atomic mass is 16.3. The summed E-state index contributed by atoms with van der Waals surface area (Å²) in [4.78, 5) is 15.5. The lowest BCUT2D eigenvalue weighted by atomic mass is 9.95. The van der Waals surface area contributed by atoms with Crippen LogP contribution in [0.15, 0.2) is 173 Å². The van der Waals surface area contributed by atoms with Crippen LogP contribution in [0.1, 0.15) is 0 Å². The van der Waals surface area contributed by atoms with E-state index in [-0.39, 0.29) is 0 Å². The molecule has 0 N–H and O–H groups in total. The second-order valence-corrected chi connectivity index (χ2v) is 13.2. The summed E-state index contributed by atoms with van der Waals surface area (Å²) in [7, 11) is 0. The van der Waals surface area contributed by atoms with Crippen molar-refractivity contribution in [2.75, 3.05) is 0 Å². The molecule has 0 fully saturated rings. The molecule has 52 heavy (non-hydrogen) atoms. The van der Waals surface area contributed by atoms with Crippen LogP contribution in [-0.4, -0.2) is 15.0 Å². The van der Waals surface area contributed by atoms with Crippen LogP contribution in [0.5, 0.6) is 0 Å². The van der Waals surface area contributed by atoms with Gasteiger partial charge in [0.2, 0.25) is 0 Å². The Morgan fingerprint density at radius 2 is 0.885 bits per heavy atom. The van der Waals surface area contributed by atoms with Crippen molar-refractivity contribution in [2.24, 2.45) is 0 Å². The Hall–Kier alpha value is -7.11. The number of nitrogens with zero attached hydrogens (tertiary/aromatic N) is 3. The Balaban J connectivity index is 1.14. The molecule has 0 saturated carbocycles. The van der Waals surface area contributed by atoms with E-state index in [9.17, 15) is 0 Å². The summed E-state index contributed by atoms with van der Waals surface area (Å²) < 4.78 is 12.6. The van der Waals surface area contributed by atoms with Gasteiger partial charge < -0.3 is 8.83 Å². The van der Waals surface area contributed by atoms with Gasteiger partial charge in [0.05, 0.1) is 0 Å². The maximum absolute atomic E-state index is 6.29. The molecule has 0 aliphatic carbocycles. The molecule has 0 saturated heterocycles. The molecule has 5 nitrogen and oxygen atoms in total. The molecule has 242 valence electrons. The molecule has 3 aromatic heterocycles. The lowest BCUT2D eigenvalue weighted by molar-refractivity contribution is 0.668. The number of benzene rings is 8. The maximum atomic E-state index is 6.29. The van der Waals surface area contributed by atoms with Crippen LogP contribution >= 0.6 is 0 Å². The van der Waals surface area contributed by atoms with E-state index in [0.717, 1.165) is 82.5 Å². The molecular weight excluding hydrogens is 639 g/mol. The fraction of sp³-hybridized carbons (Fsp3) is 0. The summed E-state index contributed by atoms with van der Waals surface area (Å²) in [5.74, 6) is 1.73. The molecule has 0 radical (unpaired) electrons. The van der Waals surface area contributed by atoms with Crippen molar-refractivity contribution in [1.29, 1.82) is 0 Å². The van der Waals surface area contributed by atoms with Crippen molar-refractivity contribution < 1.29 is 8.83 Å². The largest absolute Gasteiger partial charge is 0.456 e. The van der Waals surface area contributed by atoms with Gasteiger partial charge in [-0.1, -0.05) is 121 Å². The molecule has 5 heteroatoms. The van der Waals surface area contributed by atoms with Crippen LogP contribution in [0, 0.1) is 0 Å². The van der Waals surface area contributed by atoms with Crippen LogP contribution in [0.4, 0.5) is 0 Å². The Labute approximate surface area is 297 Å². The summed E-state index contributed by atoms with van der Waals surface area (Å²) in [5, 5.41) is 8.84. The minimum Gasteiger partial charge on any atom is -0.456 e. The average Bonchev–Trinajstić information content (AvgIpc) is 3.78. The molecular formula is C47H27N3O2. The smallest absolute Gasteiger partial charge is 0.164 e. The molecule has 0 aliphatic rings. The molecule has 0 amide bonds. The van der Waals surface area contributed by atoms with Crippen molar-refractivity contribution in [3.8, 4) is 45.3 Å². The maximum Gasteiger partial charge on any atom is 0.164 e. The fourth-order valence-electron chi connectivity index (χ4n) is 7.60.